The van der Waals surface area contributed by atoms with Crippen LogP contribution in [0, 0.1) is 12.8 Å². The summed E-state index contributed by atoms with van der Waals surface area (Å²) >= 11 is 7.81. The van der Waals surface area contributed by atoms with Crippen LogP contribution in [0.25, 0.3) is 0 Å². The number of hydrogen-bond donors (Lipinski definition) is 1. The molecule has 124 valence electrons. The number of hydrogen-bond acceptors (Lipinski definition) is 4. The van der Waals surface area contributed by atoms with Crippen molar-refractivity contribution in [2.75, 3.05) is 19.6 Å². The van der Waals surface area contributed by atoms with Crippen molar-refractivity contribution in [1.29, 1.82) is 0 Å². The minimum Gasteiger partial charge on any atom is -0.348 e. The van der Waals surface area contributed by atoms with E-state index in [1.807, 2.05) is 12.4 Å². The first-order valence-corrected chi connectivity index (χ1v) is 9.56. The zero-order valence-corrected chi connectivity index (χ0v) is 15.0. The fourth-order valence-corrected chi connectivity index (χ4v) is 5.11. The number of imidazole rings is 1. The van der Waals surface area contributed by atoms with E-state index >= 15 is 0 Å². The molecule has 3 aliphatic heterocycles. The van der Waals surface area contributed by atoms with Crippen LogP contribution in [0.3, 0.4) is 0 Å². The lowest BCUT2D eigenvalue weighted by atomic mass is 9.95. The average molecular weight is 351 g/mol. The van der Waals surface area contributed by atoms with Crippen LogP contribution in [0.1, 0.15) is 29.1 Å². The number of thiophene rings is 1. The van der Waals surface area contributed by atoms with Gasteiger partial charge in [0.1, 0.15) is 0 Å². The number of piperidine rings is 1. The molecule has 0 amide bonds. The molecule has 2 atom stereocenters. The van der Waals surface area contributed by atoms with Crippen molar-refractivity contribution < 1.29 is 0 Å². The number of fused-ring (bicyclic) bond motifs is 4. The van der Waals surface area contributed by atoms with E-state index < -0.39 is 0 Å². The summed E-state index contributed by atoms with van der Waals surface area (Å²) in [5, 5.41) is 0. The minimum absolute atomic E-state index is 0.661. The second kappa shape index (κ2) is 6.55. The van der Waals surface area contributed by atoms with Gasteiger partial charge in [0, 0.05) is 49.3 Å². The van der Waals surface area contributed by atoms with Crippen molar-refractivity contribution in [3.05, 3.63) is 39.1 Å². The van der Waals surface area contributed by atoms with Crippen LogP contribution < -0.4 is 0 Å². The largest absolute Gasteiger partial charge is 0.348 e. The number of aryl methyl sites for hydroxylation is 1. The van der Waals surface area contributed by atoms with E-state index in [0.717, 1.165) is 29.9 Å². The summed E-state index contributed by atoms with van der Waals surface area (Å²) in [6, 6.07) is 4.86. The SMILES string of the molecule is Cc1[nH]cnc1CN1C[C@@H]2CC[C@H](C1)N(Cc1ccc(Cl)s1)C2. The monoisotopic (exact) mass is 350 g/mol. The van der Waals surface area contributed by atoms with Crippen LogP contribution in [-0.4, -0.2) is 45.4 Å². The maximum Gasteiger partial charge on any atom is 0.0931 e. The zero-order valence-electron chi connectivity index (χ0n) is 13.5. The van der Waals surface area contributed by atoms with Gasteiger partial charge in [0.05, 0.1) is 16.4 Å². The molecule has 3 saturated heterocycles. The first-order chi connectivity index (χ1) is 11.2. The summed E-state index contributed by atoms with van der Waals surface area (Å²) in [5.74, 6) is 0.781. The van der Waals surface area contributed by atoms with E-state index in [2.05, 4.69) is 32.8 Å². The molecule has 0 spiro atoms. The Hall–Kier alpha value is -0.880. The highest BCUT2D eigenvalue weighted by Crippen LogP contribution is 2.31. The first kappa shape index (κ1) is 15.6. The summed E-state index contributed by atoms with van der Waals surface area (Å²) in [5.41, 5.74) is 2.40. The minimum atomic E-state index is 0.661. The average Bonchev–Trinajstić information content (AvgIpc) is 3.00. The Balaban J connectivity index is 1.45. The molecule has 4 nitrogen and oxygen atoms in total. The van der Waals surface area contributed by atoms with Gasteiger partial charge in [0.25, 0.3) is 0 Å². The van der Waals surface area contributed by atoms with E-state index in [1.54, 1.807) is 11.3 Å². The molecule has 6 heteroatoms. The molecule has 2 aromatic rings. The van der Waals surface area contributed by atoms with Crippen molar-refractivity contribution in [2.45, 2.75) is 38.9 Å². The Kier molecular flexibility index (Phi) is 4.46. The number of nitrogens with one attached hydrogen (secondary N) is 1. The molecule has 2 bridgehead atoms. The first-order valence-electron chi connectivity index (χ1n) is 8.37. The molecule has 23 heavy (non-hydrogen) atoms. The van der Waals surface area contributed by atoms with Gasteiger partial charge in [-0.15, -0.1) is 11.3 Å². The Morgan fingerprint density at radius 2 is 2.17 bits per heavy atom. The van der Waals surface area contributed by atoms with Gasteiger partial charge in [-0.1, -0.05) is 11.6 Å². The van der Waals surface area contributed by atoms with Gasteiger partial charge in [-0.05, 0) is 37.8 Å². The maximum atomic E-state index is 6.09. The van der Waals surface area contributed by atoms with Gasteiger partial charge >= 0.3 is 0 Å². The van der Waals surface area contributed by atoms with Crippen LogP contribution in [0.4, 0.5) is 0 Å². The molecule has 0 aromatic carbocycles. The molecule has 3 fully saturated rings. The Labute approximate surface area is 146 Å². The smallest absolute Gasteiger partial charge is 0.0931 e. The van der Waals surface area contributed by atoms with Gasteiger partial charge in [-0.25, -0.2) is 4.98 Å². The third kappa shape index (κ3) is 3.48. The van der Waals surface area contributed by atoms with Gasteiger partial charge in [0.15, 0.2) is 0 Å². The molecule has 3 aliphatic rings. The van der Waals surface area contributed by atoms with E-state index in [0.29, 0.717) is 6.04 Å². The fourth-order valence-electron chi connectivity index (χ4n) is 3.99. The topological polar surface area (TPSA) is 35.2 Å². The van der Waals surface area contributed by atoms with E-state index in [4.69, 9.17) is 11.6 Å². The van der Waals surface area contributed by atoms with Crippen LogP contribution in [0.5, 0.6) is 0 Å². The Bertz CT molecular complexity index is 667. The number of aromatic nitrogens is 2. The van der Waals surface area contributed by atoms with Crippen molar-refractivity contribution >= 4 is 22.9 Å². The highest BCUT2D eigenvalue weighted by Gasteiger charge is 2.35. The van der Waals surface area contributed by atoms with Crippen LogP contribution in [-0.2, 0) is 13.1 Å². The summed E-state index contributed by atoms with van der Waals surface area (Å²) < 4.78 is 0.899. The predicted molar refractivity (Wildman–Crippen MR) is 94.9 cm³/mol. The standard InChI is InChI=1S/C17H23ClN4S/c1-12-16(20-11-19-12)10-21-6-13-2-3-14(8-21)22(7-13)9-15-4-5-17(18)23-15/h4-5,11,13-14H,2-3,6-10H2,1H3,(H,19,20)/t13-,14+/m0/s1. The lowest BCUT2D eigenvalue weighted by Crippen LogP contribution is -2.43. The number of H-pyrrole nitrogens is 1. The van der Waals surface area contributed by atoms with E-state index in [1.165, 1.54) is 42.2 Å². The van der Waals surface area contributed by atoms with E-state index in [-0.39, 0.29) is 0 Å². The van der Waals surface area contributed by atoms with Crippen molar-refractivity contribution in [3.8, 4) is 0 Å². The maximum absolute atomic E-state index is 6.09. The number of halogens is 1. The quantitative estimate of drug-likeness (QED) is 0.916. The molecule has 5 rings (SSSR count). The predicted octanol–water partition coefficient (Wildman–Crippen LogP) is 3.53. The van der Waals surface area contributed by atoms with Crippen molar-refractivity contribution in [1.82, 2.24) is 19.8 Å². The lowest BCUT2D eigenvalue weighted by molar-refractivity contribution is 0.124. The molecule has 1 N–H and O–H groups in total. The number of nitrogens with zero attached hydrogens (tertiary/aromatic N) is 3. The van der Waals surface area contributed by atoms with Gasteiger partial charge in [-0.3, -0.25) is 9.80 Å². The highest BCUT2D eigenvalue weighted by molar-refractivity contribution is 7.16. The Morgan fingerprint density at radius 3 is 2.91 bits per heavy atom. The van der Waals surface area contributed by atoms with E-state index in [9.17, 15) is 0 Å². The molecule has 0 unspecified atom stereocenters. The van der Waals surface area contributed by atoms with Crippen LogP contribution in [0.15, 0.2) is 18.5 Å². The second-order valence-electron chi connectivity index (χ2n) is 6.90. The Morgan fingerprint density at radius 1 is 1.26 bits per heavy atom. The molecule has 0 radical (unpaired) electrons. The third-order valence-corrected chi connectivity index (χ3v) is 6.41. The number of aromatic amines is 1. The molecular formula is C17H23ClN4S. The normalized spacial score (nSPS) is 25.8. The van der Waals surface area contributed by atoms with Crippen LogP contribution in [0.2, 0.25) is 4.34 Å². The number of rotatable bonds is 4. The molecule has 0 aliphatic carbocycles. The summed E-state index contributed by atoms with van der Waals surface area (Å²) in [6.07, 6.45) is 4.49. The zero-order chi connectivity index (χ0) is 15.8. The molecule has 5 heterocycles. The summed E-state index contributed by atoms with van der Waals surface area (Å²) in [4.78, 5) is 14.3. The highest BCUT2D eigenvalue weighted by atomic mass is 35.5. The molecule has 0 saturated carbocycles. The third-order valence-electron chi connectivity index (χ3n) is 5.20. The lowest BCUT2D eigenvalue weighted by Gasteiger charge is -2.35. The van der Waals surface area contributed by atoms with Crippen LogP contribution >= 0.6 is 22.9 Å². The van der Waals surface area contributed by atoms with Crippen molar-refractivity contribution in [2.24, 2.45) is 5.92 Å². The van der Waals surface area contributed by atoms with Gasteiger partial charge < -0.3 is 4.98 Å². The second-order valence-corrected chi connectivity index (χ2v) is 8.70. The molecule has 2 aromatic heterocycles. The van der Waals surface area contributed by atoms with Gasteiger partial charge in [-0.2, -0.15) is 0 Å². The van der Waals surface area contributed by atoms with Gasteiger partial charge in [0.2, 0.25) is 0 Å². The summed E-state index contributed by atoms with van der Waals surface area (Å²) in [7, 11) is 0. The van der Waals surface area contributed by atoms with Crippen molar-refractivity contribution in [3.63, 3.8) is 0 Å². The summed E-state index contributed by atoms with van der Waals surface area (Å²) in [6.45, 7) is 7.71. The molecular weight excluding hydrogens is 328 g/mol. The fraction of sp³-hybridized carbons (Fsp3) is 0.588.